The topological polar surface area (TPSA) is 0 Å². The lowest BCUT2D eigenvalue weighted by Gasteiger charge is -2.42. The molecule has 0 aromatic heterocycles. The van der Waals surface area contributed by atoms with Gasteiger partial charge in [0, 0.05) is 57.4 Å². The van der Waals surface area contributed by atoms with E-state index >= 15 is 0 Å². The Morgan fingerprint density at radius 1 is 0.396 bits per heavy atom. The van der Waals surface area contributed by atoms with Crippen molar-refractivity contribution in [2.75, 3.05) is 0 Å². The van der Waals surface area contributed by atoms with Gasteiger partial charge in [0.1, 0.15) is 8.07 Å². The highest BCUT2D eigenvalue weighted by Crippen LogP contribution is 2.45. The molecular formula is C98H192Si3. The lowest BCUT2D eigenvalue weighted by atomic mass is 9.63. The highest BCUT2D eigenvalue weighted by molar-refractivity contribution is 7.00. The van der Waals surface area contributed by atoms with Crippen LogP contribution in [0.2, 0.25) is 61.8 Å². The number of rotatable bonds is 14. The van der Waals surface area contributed by atoms with Gasteiger partial charge in [0.2, 0.25) is 0 Å². The van der Waals surface area contributed by atoms with E-state index in [0.717, 1.165) is 27.7 Å². The van der Waals surface area contributed by atoms with E-state index in [1.807, 2.05) is 0 Å². The smallest absolute Gasteiger partial charge is 0.0776 e. The van der Waals surface area contributed by atoms with E-state index in [2.05, 4.69) is 190 Å². The first kappa shape index (κ1) is 61.4. The largest absolute Gasteiger partial charge is 0.112 e. The first-order valence-corrected chi connectivity index (χ1v) is 45.3. The summed E-state index contributed by atoms with van der Waals surface area (Å²) in [7, 11) is -8.20. The van der Waals surface area contributed by atoms with Gasteiger partial charge >= 0.3 is 0 Å². The van der Waals surface area contributed by atoms with Crippen molar-refractivity contribution in [3.05, 3.63) is 132 Å². The van der Waals surface area contributed by atoms with Gasteiger partial charge in [-0.3, -0.25) is 0 Å². The normalized spacial score (nSPS) is 23.2. The van der Waals surface area contributed by atoms with Crippen molar-refractivity contribution in [2.24, 2.45) is 62.0 Å². The molecule has 2 unspecified atom stereocenters. The van der Waals surface area contributed by atoms with Crippen LogP contribution in [-0.2, 0) is 5.41 Å². The van der Waals surface area contributed by atoms with E-state index < -0.39 is 146 Å². The first-order chi connectivity index (χ1) is 56.0. The lowest BCUT2D eigenvalue weighted by Crippen LogP contribution is -2.52. The zero-order valence-corrected chi connectivity index (χ0v) is 70.7. The number of hydrogen-bond donors (Lipinski definition) is 0. The third-order valence-corrected chi connectivity index (χ3v) is 29.4. The van der Waals surface area contributed by atoms with Crippen molar-refractivity contribution >= 4 is 34.6 Å². The molecule has 0 heterocycles. The van der Waals surface area contributed by atoms with Gasteiger partial charge in [-0.1, -0.05) is 491 Å². The Hall–Kier alpha value is -2.47. The van der Waals surface area contributed by atoms with Gasteiger partial charge in [0.15, 0.2) is 0 Å². The lowest BCUT2D eigenvalue weighted by molar-refractivity contribution is 0.0737. The van der Waals surface area contributed by atoms with Crippen LogP contribution < -0.4 is 10.4 Å². The monoisotopic (exact) mass is 1490 g/mol. The Labute approximate surface area is 691 Å². The van der Waals surface area contributed by atoms with Gasteiger partial charge in [-0.2, -0.15) is 0 Å². The molecule has 7 rings (SSSR count). The Morgan fingerprint density at radius 2 is 0.673 bits per heavy atom. The van der Waals surface area contributed by atoms with Crippen LogP contribution in [0, 0.1) is 62.0 Å². The maximum atomic E-state index is 8.20. The molecule has 4 aromatic carbocycles. The molecule has 3 fully saturated rings. The molecule has 0 N–H and O–H groups in total. The second-order valence-electron chi connectivity index (χ2n) is 34.4. The van der Waals surface area contributed by atoms with Crippen LogP contribution in [0.5, 0.6) is 0 Å². The maximum Gasteiger partial charge on any atom is 0.112 e. The van der Waals surface area contributed by atoms with Crippen molar-refractivity contribution in [3.63, 3.8) is 0 Å². The van der Waals surface area contributed by atoms with Crippen LogP contribution in [0.3, 0.4) is 0 Å². The van der Waals surface area contributed by atoms with Crippen LogP contribution in [0.1, 0.15) is 408 Å². The zero-order valence-electron chi connectivity index (χ0n) is 99.7. The summed E-state index contributed by atoms with van der Waals surface area (Å²) in [6.45, 7) is 33.6. The average molecular weight is 1490 g/mol. The van der Waals surface area contributed by atoms with E-state index in [-0.39, 0.29) is 42.5 Å². The molecule has 4 aromatic rings. The average Bonchev–Trinajstić information content (AvgIpc) is 1.23. The van der Waals surface area contributed by atoms with E-state index in [9.17, 15) is 0 Å². The number of hydrogen-bond acceptors (Lipinski definition) is 0. The SMILES string of the molecule is C.C.C.C.C.CC(C)(c1ccccc1)c1ccccc1.CC1(C)CCCC1.CC1(C)CCCCC1.CC1(C)CCCCCC1.C[Si](C)(c1ccccc1)c1ccccc1.[2H]C(C)(C)C([2H])([2H])C(C)(C)C([2H])([2H])C([2H])(C)C.[2H]C(C)(C)C([2H])([2H])[Si](C)(C)C([2H])([2H])C([2H])(C)C.[2H]C([2H])([2H])C([2H])(C)C(C)(C)C(C)(C([2H])([2H])[2H])C([2H])([2H])[2H].[2H]C([2H])([2H])C([2H])(C)[Si](C)(C)C(C)(C([2H])([2H])[2H])C([2H])([2H])[2H]. The molecule has 0 radical (unpaired) electrons. The van der Waals surface area contributed by atoms with E-state index in [1.165, 1.54) is 214 Å². The number of benzene rings is 4. The predicted molar refractivity (Wildman–Crippen MR) is 489 cm³/mol. The summed E-state index contributed by atoms with van der Waals surface area (Å²) in [6, 6.07) is 42.9. The summed E-state index contributed by atoms with van der Waals surface area (Å²) >= 11 is 0. The fourth-order valence-corrected chi connectivity index (χ4v) is 17.3. The Kier molecular flexibility index (Phi) is 31.5. The predicted octanol–water partition coefficient (Wildman–Crippen LogP) is 34.4. The van der Waals surface area contributed by atoms with E-state index in [1.54, 1.807) is 13.1 Å². The third kappa shape index (κ3) is 49.9. The summed E-state index contributed by atoms with van der Waals surface area (Å²) < 4.78 is 249. The van der Waals surface area contributed by atoms with Gasteiger partial charge in [-0.15, -0.1) is 0 Å². The van der Waals surface area contributed by atoms with Crippen LogP contribution in [-0.4, -0.2) is 24.2 Å². The van der Waals surface area contributed by atoms with Gasteiger partial charge in [-0.05, 0) is 129 Å². The highest BCUT2D eigenvalue weighted by atomic mass is 28.3. The molecule has 3 saturated carbocycles. The minimum absolute atomic E-state index is 0. The standard InChI is InChI=1S/C15H16.C14H16Si.C11H24.C10H24Si.C10H22.C9H22Si.C9H18.C8H16.C7H14.5CH4/c2*1-15(2,13-9-5-3-6-10-13)14-11-7-4-8-12-14;2*1-9(2)7-11(5,6)8-10(3)4;2*1-8(2)10(6,7)9(3,4)5;1-9(2)7-5-3-4-6-8-9;1-8(2)6-4-3-5-7-8;1-7(2)5-3-4-6-7;;;;;/h2*3-12H,1-2H3;2*9-10H,7-8H2,1-6H3;2*8H,1-7H3;3-8H2,1-2H3;3-7H2,1-2H3;3-6H2,1-2H3;5*1H4/i;;2*7D2,8D2,9D,10D;2*1D3,3D3,4D3,8D;;;;;;;;. The molecule has 0 aliphatic heterocycles. The molecule has 101 heavy (non-hydrogen) atoms. The summed E-state index contributed by atoms with van der Waals surface area (Å²) in [6.07, 6.45) is 17.8. The molecule has 3 aliphatic carbocycles. The molecular weight excluding hydrogens is 1260 g/mol. The van der Waals surface area contributed by atoms with Crippen molar-refractivity contribution in [3.8, 4) is 0 Å². The summed E-state index contributed by atoms with van der Waals surface area (Å²) in [4.78, 5) is 0. The Balaban J connectivity index is -0.000000271. The zero-order chi connectivity index (χ0) is 103. The maximum absolute atomic E-state index is 8.20. The van der Waals surface area contributed by atoms with Gasteiger partial charge in [0.05, 0.1) is 8.07 Å². The molecule has 0 nitrogen and oxygen atoms in total. The molecule has 3 aliphatic rings. The fraction of sp³-hybridized carbons (Fsp3) is 0.755. The van der Waals surface area contributed by atoms with Crippen LogP contribution in [0.15, 0.2) is 121 Å². The van der Waals surface area contributed by atoms with Crippen molar-refractivity contribution in [1.29, 1.82) is 0 Å². The minimum atomic E-state index is -3.61. The Bertz CT molecular complexity index is 3460. The van der Waals surface area contributed by atoms with Gasteiger partial charge in [-0.25, -0.2) is 0 Å². The van der Waals surface area contributed by atoms with Crippen molar-refractivity contribution in [2.45, 2.75) is 421 Å². The van der Waals surface area contributed by atoms with Gasteiger partial charge < -0.3 is 0 Å². The quantitative estimate of drug-likeness (QED) is 0.0872. The molecule has 596 valence electrons. The second kappa shape index (κ2) is 51.7. The molecule has 0 saturated heterocycles. The van der Waals surface area contributed by atoms with E-state index in [4.69, 9.17) is 43.9 Å². The second-order valence-corrected chi connectivity index (χ2v) is 47.5. The highest BCUT2D eigenvalue weighted by Gasteiger charge is 2.38. The van der Waals surface area contributed by atoms with Crippen molar-refractivity contribution in [1.82, 2.24) is 0 Å². The van der Waals surface area contributed by atoms with Crippen LogP contribution >= 0.6 is 0 Å². The first-order valence-electron chi connectivity index (χ1n) is 52.3. The fourth-order valence-electron chi connectivity index (χ4n) is 11.6. The summed E-state index contributed by atoms with van der Waals surface area (Å²) in [5.74, 6) is -11.7. The third-order valence-electron chi connectivity index (χ3n) is 19.2. The van der Waals surface area contributed by atoms with Crippen molar-refractivity contribution < 1.29 is 43.9 Å². The van der Waals surface area contributed by atoms with Crippen LogP contribution in [0.4, 0.5) is 0 Å². The molecule has 2 atom stereocenters. The Morgan fingerprint density at radius 3 is 0.911 bits per heavy atom. The molecule has 0 bridgehead atoms. The van der Waals surface area contributed by atoms with Crippen LogP contribution in [0.25, 0.3) is 0 Å². The minimum Gasteiger partial charge on any atom is -0.0776 e. The van der Waals surface area contributed by atoms with E-state index in [0.29, 0.717) is 16.2 Å². The molecule has 0 spiro atoms. The molecule has 3 heteroatoms. The van der Waals surface area contributed by atoms with Gasteiger partial charge in [0.25, 0.3) is 0 Å². The summed E-state index contributed by atoms with van der Waals surface area (Å²) in [5.41, 5.74) is -2.86. The summed E-state index contributed by atoms with van der Waals surface area (Å²) in [5, 5.41) is 0.796. The molecule has 0 amide bonds.